The summed E-state index contributed by atoms with van der Waals surface area (Å²) >= 11 is 1.81. The van der Waals surface area contributed by atoms with E-state index < -0.39 is 0 Å². The van der Waals surface area contributed by atoms with Gasteiger partial charge >= 0.3 is 0 Å². The van der Waals surface area contributed by atoms with Crippen LogP contribution in [0.15, 0.2) is 0 Å². The fraction of sp³-hybridized carbons (Fsp3) is 0.700. The first-order valence-electron chi connectivity index (χ1n) is 4.82. The maximum atomic E-state index is 4.56. The molecule has 0 aromatic carbocycles. The number of aryl methyl sites for hydroxylation is 1. The van der Waals surface area contributed by atoms with Crippen molar-refractivity contribution in [2.75, 3.05) is 21.1 Å². The Kier molecular flexibility index (Phi) is 4.04. The fourth-order valence-corrected chi connectivity index (χ4v) is 2.58. The first-order chi connectivity index (χ1) is 6.54. The Balaban J connectivity index is 2.82. The van der Waals surface area contributed by atoms with Gasteiger partial charge in [0, 0.05) is 17.5 Å². The molecule has 1 N–H and O–H groups in total. The van der Waals surface area contributed by atoms with E-state index in [-0.39, 0.29) is 0 Å². The van der Waals surface area contributed by atoms with Gasteiger partial charge in [-0.1, -0.05) is 0 Å². The minimum absolute atomic E-state index is 0.406. The van der Waals surface area contributed by atoms with Crippen molar-refractivity contribution in [1.82, 2.24) is 15.2 Å². The summed E-state index contributed by atoms with van der Waals surface area (Å²) in [7, 11) is 6.12. The van der Waals surface area contributed by atoms with E-state index in [9.17, 15) is 0 Å². The summed E-state index contributed by atoms with van der Waals surface area (Å²) in [6.07, 6.45) is 0. The van der Waals surface area contributed by atoms with Crippen molar-refractivity contribution in [2.24, 2.45) is 0 Å². The minimum atomic E-state index is 0.406. The van der Waals surface area contributed by atoms with Crippen LogP contribution in [0.3, 0.4) is 0 Å². The van der Waals surface area contributed by atoms with E-state index in [2.05, 4.69) is 43.1 Å². The molecule has 1 atom stereocenters. The van der Waals surface area contributed by atoms with Gasteiger partial charge in [-0.15, -0.1) is 11.3 Å². The summed E-state index contributed by atoms with van der Waals surface area (Å²) in [6.45, 7) is 5.18. The smallest absolute Gasteiger partial charge is 0.107 e. The van der Waals surface area contributed by atoms with Crippen molar-refractivity contribution >= 4 is 11.3 Å². The number of nitrogens with one attached hydrogen (secondary N) is 1. The molecule has 0 saturated heterocycles. The normalized spacial score (nSPS) is 13.6. The van der Waals surface area contributed by atoms with Gasteiger partial charge in [0.25, 0.3) is 0 Å². The third kappa shape index (κ3) is 2.77. The van der Waals surface area contributed by atoms with Crippen molar-refractivity contribution < 1.29 is 0 Å². The summed E-state index contributed by atoms with van der Waals surface area (Å²) in [4.78, 5) is 8.05. The maximum absolute atomic E-state index is 4.56. The van der Waals surface area contributed by atoms with Crippen LogP contribution in [-0.2, 0) is 6.54 Å². The van der Waals surface area contributed by atoms with E-state index >= 15 is 0 Å². The average Bonchev–Trinajstić information content (AvgIpc) is 2.44. The molecule has 0 spiro atoms. The second-order valence-electron chi connectivity index (χ2n) is 3.81. The number of aromatic nitrogens is 1. The zero-order chi connectivity index (χ0) is 10.7. The quantitative estimate of drug-likeness (QED) is 0.826. The molecule has 4 heteroatoms. The number of nitrogens with zero attached hydrogens (tertiary/aromatic N) is 2. The van der Waals surface area contributed by atoms with Crippen LogP contribution >= 0.6 is 11.3 Å². The lowest BCUT2D eigenvalue weighted by atomic mass is 10.2. The molecule has 0 aliphatic carbocycles. The molecule has 80 valence electrons. The van der Waals surface area contributed by atoms with E-state index in [1.165, 1.54) is 9.88 Å². The van der Waals surface area contributed by atoms with Gasteiger partial charge in [0.15, 0.2) is 0 Å². The molecule has 1 unspecified atom stereocenters. The van der Waals surface area contributed by atoms with Crippen LogP contribution < -0.4 is 5.32 Å². The van der Waals surface area contributed by atoms with Crippen LogP contribution in [0.2, 0.25) is 0 Å². The first-order valence-corrected chi connectivity index (χ1v) is 5.64. The highest BCUT2D eigenvalue weighted by Gasteiger charge is 2.12. The largest absolute Gasteiger partial charge is 0.312 e. The summed E-state index contributed by atoms with van der Waals surface area (Å²) in [5.41, 5.74) is 1.16. The summed E-state index contributed by atoms with van der Waals surface area (Å²) < 4.78 is 0. The van der Waals surface area contributed by atoms with E-state index in [1.807, 2.05) is 7.05 Å². The lowest BCUT2D eigenvalue weighted by Crippen LogP contribution is -2.11. The second kappa shape index (κ2) is 4.87. The van der Waals surface area contributed by atoms with E-state index in [0.717, 1.165) is 12.2 Å². The predicted octanol–water partition coefficient (Wildman–Crippen LogP) is 1.79. The third-order valence-corrected chi connectivity index (χ3v) is 3.48. The van der Waals surface area contributed by atoms with Gasteiger partial charge in [0.1, 0.15) is 5.01 Å². The molecular weight excluding hydrogens is 194 g/mol. The molecule has 0 fully saturated rings. The average molecular weight is 213 g/mol. The molecule has 3 nitrogen and oxygen atoms in total. The Morgan fingerprint density at radius 3 is 2.64 bits per heavy atom. The van der Waals surface area contributed by atoms with E-state index in [1.54, 1.807) is 11.3 Å². The molecular formula is C10H19N3S. The van der Waals surface area contributed by atoms with Crippen molar-refractivity contribution in [2.45, 2.75) is 26.4 Å². The van der Waals surface area contributed by atoms with Crippen molar-refractivity contribution in [3.8, 4) is 0 Å². The molecule has 0 bridgehead atoms. The standard InChI is InChI=1S/C10H19N3S/c1-7(11-3)10-8(2)12-9(14-10)6-13(4)5/h7,11H,6H2,1-5H3. The molecule has 0 radical (unpaired) electrons. The molecule has 0 amide bonds. The van der Waals surface area contributed by atoms with Crippen LogP contribution in [0.5, 0.6) is 0 Å². The number of hydrogen-bond acceptors (Lipinski definition) is 4. The van der Waals surface area contributed by atoms with Gasteiger partial charge in [-0.25, -0.2) is 4.98 Å². The zero-order valence-electron chi connectivity index (χ0n) is 9.59. The zero-order valence-corrected chi connectivity index (χ0v) is 10.4. The summed E-state index contributed by atoms with van der Waals surface area (Å²) in [5, 5.41) is 4.44. The van der Waals surface area contributed by atoms with Crippen LogP contribution in [-0.4, -0.2) is 31.0 Å². The fourth-order valence-electron chi connectivity index (χ4n) is 1.34. The lowest BCUT2D eigenvalue weighted by Gasteiger charge is -2.07. The Morgan fingerprint density at radius 1 is 1.50 bits per heavy atom. The first kappa shape index (κ1) is 11.6. The predicted molar refractivity (Wildman–Crippen MR) is 61.7 cm³/mol. The van der Waals surface area contributed by atoms with Gasteiger partial charge < -0.3 is 10.2 Å². The molecule has 1 heterocycles. The Labute approximate surface area is 90.2 Å². The Hall–Kier alpha value is -0.450. The highest BCUT2D eigenvalue weighted by Crippen LogP contribution is 2.25. The SMILES string of the molecule is CNC(C)c1sc(CN(C)C)nc1C. The van der Waals surface area contributed by atoms with Crippen molar-refractivity contribution in [3.63, 3.8) is 0 Å². The monoisotopic (exact) mass is 213 g/mol. The van der Waals surface area contributed by atoms with Gasteiger partial charge in [-0.3, -0.25) is 0 Å². The Bertz CT molecular complexity index is 294. The van der Waals surface area contributed by atoms with Gasteiger partial charge in [0.05, 0.1) is 5.69 Å². The molecule has 1 aromatic rings. The third-order valence-electron chi connectivity index (χ3n) is 2.15. The number of hydrogen-bond donors (Lipinski definition) is 1. The molecule has 0 aliphatic heterocycles. The summed E-state index contributed by atoms with van der Waals surface area (Å²) in [6, 6.07) is 0.406. The number of rotatable bonds is 4. The highest BCUT2D eigenvalue weighted by atomic mass is 32.1. The van der Waals surface area contributed by atoms with E-state index in [4.69, 9.17) is 0 Å². The van der Waals surface area contributed by atoms with E-state index in [0.29, 0.717) is 6.04 Å². The molecule has 1 aromatic heterocycles. The molecule has 1 rings (SSSR count). The number of thiazole rings is 1. The molecule has 14 heavy (non-hydrogen) atoms. The van der Waals surface area contributed by atoms with Crippen LogP contribution in [0.4, 0.5) is 0 Å². The maximum Gasteiger partial charge on any atom is 0.107 e. The highest BCUT2D eigenvalue weighted by molar-refractivity contribution is 7.11. The van der Waals surface area contributed by atoms with Crippen molar-refractivity contribution in [3.05, 3.63) is 15.6 Å². The minimum Gasteiger partial charge on any atom is -0.312 e. The van der Waals surface area contributed by atoms with Crippen molar-refractivity contribution in [1.29, 1.82) is 0 Å². The van der Waals surface area contributed by atoms with Crippen LogP contribution in [0, 0.1) is 6.92 Å². The van der Waals surface area contributed by atoms with Gasteiger partial charge in [0.2, 0.25) is 0 Å². The second-order valence-corrected chi connectivity index (χ2v) is 4.92. The van der Waals surface area contributed by atoms with Gasteiger partial charge in [-0.2, -0.15) is 0 Å². The summed E-state index contributed by atoms with van der Waals surface area (Å²) in [5.74, 6) is 0. The van der Waals surface area contributed by atoms with Gasteiger partial charge in [-0.05, 0) is 35.0 Å². The van der Waals surface area contributed by atoms with Crippen LogP contribution in [0.25, 0.3) is 0 Å². The topological polar surface area (TPSA) is 28.2 Å². The van der Waals surface area contributed by atoms with Crippen LogP contribution in [0.1, 0.15) is 28.5 Å². The molecule has 0 aliphatic rings. The Morgan fingerprint density at radius 2 is 2.14 bits per heavy atom. The molecule has 0 saturated carbocycles. The lowest BCUT2D eigenvalue weighted by molar-refractivity contribution is 0.401.